The van der Waals surface area contributed by atoms with Crippen LogP contribution in [0.4, 0.5) is 13.2 Å². The van der Waals surface area contributed by atoms with Crippen molar-refractivity contribution in [2.75, 3.05) is 0 Å². The summed E-state index contributed by atoms with van der Waals surface area (Å²) in [5, 5.41) is 8.48. The maximum Gasteiger partial charge on any atom is 0.425 e. The van der Waals surface area contributed by atoms with Crippen LogP contribution in [0, 0.1) is 11.3 Å². The Morgan fingerprint density at radius 2 is 1.71 bits per heavy atom. The molecule has 0 aromatic carbocycles. The molecule has 0 rings (SSSR count). The van der Waals surface area contributed by atoms with Crippen LogP contribution in [-0.4, -0.2) is 29.8 Å². The highest BCUT2D eigenvalue weighted by Crippen LogP contribution is 2.22. The molecule has 0 saturated heterocycles. The SMILES string of the molecule is CC(OC(=O)C(=O)OC(C)(C)C#N)C(F)(F)F. The van der Waals surface area contributed by atoms with E-state index >= 15 is 0 Å². The maximum atomic E-state index is 12.0. The van der Waals surface area contributed by atoms with Gasteiger partial charge in [0.1, 0.15) is 6.07 Å². The molecule has 0 amide bonds. The molecule has 0 spiro atoms. The van der Waals surface area contributed by atoms with Gasteiger partial charge in [-0.3, -0.25) is 0 Å². The number of alkyl halides is 3. The predicted octanol–water partition coefficient (Wildman–Crippen LogP) is 1.33. The van der Waals surface area contributed by atoms with Crippen LogP contribution in [0.3, 0.4) is 0 Å². The van der Waals surface area contributed by atoms with E-state index in [0.717, 1.165) is 0 Å². The normalized spacial score (nSPS) is 13.5. The minimum Gasteiger partial charge on any atom is -0.445 e. The molecular formula is C9H10F3NO4. The highest BCUT2D eigenvalue weighted by molar-refractivity contribution is 6.29. The van der Waals surface area contributed by atoms with Crippen molar-refractivity contribution in [2.45, 2.75) is 38.7 Å². The van der Waals surface area contributed by atoms with Crippen molar-refractivity contribution in [1.82, 2.24) is 0 Å². The molecule has 96 valence electrons. The van der Waals surface area contributed by atoms with Crippen LogP contribution < -0.4 is 0 Å². The zero-order chi connectivity index (χ0) is 13.9. The van der Waals surface area contributed by atoms with Crippen LogP contribution >= 0.6 is 0 Å². The Bertz CT molecular complexity index is 356. The summed E-state index contributed by atoms with van der Waals surface area (Å²) in [5.41, 5.74) is -1.61. The molecule has 8 heteroatoms. The Labute approximate surface area is 95.1 Å². The van der Waals surface area contributed by atoms with Crippen LogP contribution in [0.25, 0.3) is 0 Å². The molecule has 17 heavy (non-hydrogen) atoms. The number of nitriles is 1. The third-order valence-electron chi connectivity index (χ3n) is 1.53. The summed E-state index contributed by atoms with van der Waals surface area (Å²) >= 11 is 0. The van der Waals surface area contributed by atoms with E-state index < -0.39 is 29.8 Å². The Morgan fingerprint density at radius 3 is 2.06 bits per heavy atom. The van der Waals surface area contributed by atoms with Gasteiger partial charge in [-0.15, -0.1) is 0 Å². The second kappa shape index (κ2) is 5.03. The summed E-state index contributed by atoms with van der Waals surface area (Å²) in [6.45, 7) is 2.91. The number of nitrogens with zero attached hydrogens (tertiary/aromatic N) is 1. The molecule has 0 bridgehead atoms. The average Bonchev–Trinajstić information content (AvgIpc) is 2.15. The predicted molar refractivity (Wildman–Crippen MR) is 47.4 cm³/mol. The van der Waals surface area contributed by atoms with Crippen LogP contribution in [0.5, 0.6) is 0 Å². The fourth-order valence-electron chi connectivity index (χ4n) is 0.572. The van der Waals surface area contributed by atoms with Crippen LogP contribution in [-0.2, 0) is 19.1 Å². The van der Waals surface area contributed by atoms with Crippen molar-refractivity contribution in [2.24, 2.45) is 0 Å². The van der Waals surface area contributed by atoms with Crippen LogP contribution in [0.2, 0.25) is 0 Å². The highest BCUT2D eigenvalue weighted by Gasteiger charge is 2.41. The summed E-state index contributed by atoms with van der Waals surface area (Å²) in [7, 11) is 0. The standard InChI is InChI=1S/C9H10F3NO4/c1-5(9(10,11)12)16-6(14)7(15)17-8(2,3)4-13/h5H,1-3H3. The summed E-state index contributed by atoms with van der Waals surface area (Å²) in [6.07, 6.45) is -7.19. The van der Waals surface area contributed by atoms with Crippen molar-refractivity contribution < 1.29 is 32.2 Å². The lowest BCUT2D eigenvalue weighted by Gasteiger charge is -2.18. The van der Waals surface area contributed by atoms with Crippen molar-refractivity contribution in [3.8, 4) is 6.07 Å². The Morgan fingerprint density at radius 1 is 1.24 bits per heavy atom. The molecule has 0 aromatic heterocycles. The van der Waals surface area contributed by atoms with Crippen molar-refractivity contribution in [3.05, 3.63) is 0 Å². The molecule has 0 aliphatic rings. The summed E-state index contributed by atoms with van der Waals surface area (Å²) in [4.78, 5) is 21.9. The van der Waals surface area contributed by atoms with E-state index in [1.807, 2.05) is 0 Å². The number of rotatable bonds is 2. The van der Waals surface area contributed by atoms with Gasteiger partial charge in [-0.25, -0.2) is 9.59 Å². The molecule has 1 unspecified atom stereocenters. The van der Waals surface area contributed by atoms with Crippen molar-refractivity contribution in [3.63, 3.8) is 0 Å². The number of carbonyl (C=O) groups excluding carboxylic acids is 2. The second-order valence-electron chi connectivity index (χ2n) is 3.60. The first kappa shape index (κ1) is 15.2. The lowest BCUT2D eigenvalue weighted by atomic mass is 10.2. The van der Waals surface area contributed by atoms with Gasteiger partial charge in [-0.1, -0.05) is 0 Å². The fraction of sp³-hybridized carbons (Fsp3) is 0.667. The van der Waals surface area contributed by atoms with Gasteiger partial charge in [0.15, 0.2) is 11.7 Å². The summed E-state index contributed by atoms with van der Waals surface area (Å²) in [6, 6.07) is 1.54. The first-order valence-electron chi connectivity index (χ1n) is 4.41. The number of carbonyl (C=O) groups is 2. The smallest absolute Gasteiger partial charge is 0.425 e. The third kappa shape index (κ3) is 5.19. The fourth-order valence-corrected chi connectivity index (χ4v) is 0.572. The summed E-state index contributed by atoms with van der Waals surface area (Å²) in [5.74, 6) is -3.44. The monoisotopic (exact) mass is 253 g/mol. The molecule has 0 radical (unpaired) electrons. The van der Waals surface area contributed by atoms with Gasteiger partial charge in [0.25, 0.3) is 0 Å². The summed E-state index contributed by atoms with van der Waals surface area (Å²) < 4.78 is 44.1. The van der Waals surface area contributed by atoms with Crippen molar-refractivity contribution >= 4 is 11.9 Å². The molecule has 0 fully saturated rings. The van der Waals surface area contributed by atoms with Gasteiger partial charge in [-0.2, -0.15) is 18.4 Å². The number of hydrogen-bond donors (Lipinski definition) is 0. The Balaban J connectivity index is 4.46. The molecule has 0 saturated carbocycles. The minimum atomic E-state index is -4.76. The molecule has 5 nitrogen and oxygen atoms in total. The maximum absolute atomic E-state index is 12.0. The highest BCUT2D eigenvalue weighted by atomic mass is 19.4. The van der Waals surface area contributed by atoms with Gasteiger partial charge in [-0.05, 0) is 20.8 Å². The first-order chi connectivity index (χ1) is 7.49. The zero-order valence-corrected chi connectivity index (χ0v) is 9.29. The zero-order valence-electron chi connectivity index (χ0n) is 9.29. The number of hydrogen-bond acceptors (Lipinski definition) is 5. The largest absolute Gasteiger partial charge is 0.445 e. The molecule has 0 aliphatic carbocycles. The second-order valence-corrected chi connectivity index (χ2v) is 3.60. The molecular weight excluding hydrogens is 243 g/mol. The topological polar surface area (TPSA) is 76.4 Å². The van der Waals surface area contributed by atoms with E-state index in [-0.39, 0.29) is 0 Å². The number of esters is 2. The first-order valence-corrected chi connectivity index (χ1v) is 4.41. The van der Waals surface area contributed by atoms with E-state index in [1.165, 1.54) is 19.9 Å². The van der Waals surface area contributed by atoms with Gasteiger partial charge in [0, 0.05) is 0 Å². The number of ether oxygens (including phenoxy) is 2. The molecule has 0 heterocycles. The quantitative estimate of drug-likeness (QED) is 0.548. The van der Waals surface area contributed by atoms with Gasteiger partial charge in [0.05, 0.1) is 0 Å². The molecule has 0 N–H and O–H groups in total. The minimum absolute atomic E-state index is 0.570. The molecule has 0 aliphatic heterocycles. The van der Waals surface area contributed by atoms with Gasteiger partial charge < -0.3 is 9.47 Å². The van der Waals surface area contributed by atoms with E-state index in [4.69, 9.17) is 5.26 Å². The van der Waals surface area contributed by atoms with Crippen LogP contribution in [0.1, 0.15) is 20.8 Å². The van der Waals surface area contributed by atoms with Gasteiger partial charge in [0.2, 0.25) is 0 Å². The van der Waals surface area contributed by atoms with Gasteiger partial charge >= 0.3 is 18.1 Å². The van der Waals surface area contributed by atoms with E-state index in [1.54, 1.807) is 0 Å². The number of halogens is 3. The Kier molecular flexibility index (Phi) is 4.51. The van der Waals surface area contributed by atoms with Crippen molar-refractivity contribution in [1.29, 1.82) is 5.26 Å². The van der Waals surface area contributed by atoms with E-state index in [0.29, 0.717) is 6.92 Å². The molecule has 1 atom stereocenters. The van der Waals surface area contributed by atoms with Crippen LogP contribution in [0.15, 0.2) is 0 Å². The average molecular weight is 253 g/mol. The molecule has 0 aromatic rings. The third-order valence-corrected chi connectivity index (χ3v) is 1.53. The van der Waals surface area contributed by atoms with E-state index in [2.05, 4.69) is 9.47 Å². The Hall–Kier alpha value is -1.78. The van der Waals surface area contributed by atoms with E-state index in [9.17, 15) is 22.8 Å². The lowest BCUT2D eigenvalue weighted by molar-refractivity contribution is -0.219. The lowest BCUT2D eigenvalue weighted by Crippen LogP contribution is -2.37.